The van der Waals surface area contributed by atoms with E-state index in [0.717, 1.165) is 76.8 Å². The highest BCUT2D eigenvalue weighted by atomic mass is 16.6. The van der Waals surface area contributed by atoms with E-state index in [-0.39, 0.29) is 41.3 Å². The quantitative estimate of drug-likeness (QED) is 0.0777. The average molecular weight is 743 g/mol. The minimum absolute atomic E-state index is 0.0148. The van der Waals surface area contributed by atoms with Crippen molar-refractivity contribution >= 4 is 11.8 Å². The van der Waals surface area contributed by atoms with E-state index in [4.69, 9.17) is 24.7 Å². The minimum Gasteiger partial charge on any atom is -0.508 e. The number of phenols is 2. The van der Waals surface area contributed by atoms with Crippen LogP contribution in [0.15, 0.2) is 91.1 Å². The molecule has 8 rings (SSSR count). The molecule has 5 aromatic rings. The molecule has 1 aromatic heterocycles. The number of aromatic nitrogens is 1. The molecule has 55 heavy (non-hydrogen) atoms. The van der Waals surface area contributed by atoms with Crippen molar-refractivity contribution in [1.29, 1.82) is 0 Å². The van der Waals surface area contributed by atoms with Gasteiger partial charge in [-0.05, 0) is 102 Å². The van der Waals surface area contributed by atoms with Crippen LogP contribution in [-0.4, -0.2) is 46.8 Å². The number of carbonyl (C=O) groups excluding carboxylic acids is 1. The van der Waals surface area contributed by atoms with Gasteiger partial charge in [0.2, 0.25) is 0 Å². The van der Waals surface area contributed by atoms with Crippen LogP contribution in [-0.2, 0) is 27.8 Å². The standard InChI is InChI=1S/C45H46N2O8/c1-26(49)53-24-36-34-12-13-35-41-31(18-32(50)20-39(41)54-25-48)22-45(42(35)44(34)55-43(36)28-9-14-37(51)38(19-28)52-2)17-16-29(21-45)33(30-10-15-40(46)47-23-30)11-8-27-6-4-3-5-7-27/h3-7,9-10,12-15,18-20,23,29,33,36,43,48,50-51H,8,11,16-17,21-22,24-25H2,1-2H3,(H2,46,47). The van der Waals surface area contributed by atoms with Gasteiger partial charge in [0.25, 0.3) is 0 Å². The molecule has 5 atom stereocenters. The van der Waals surface area contributed by atoms with Gasteiger partial charge in [-0.25, -0.2) is 4.98 Å². The molecule has 3 aliphatic rings. The van der Waals surface area contributed by atoms with Crippen LogP contribution in [0.3, 0.4) is 0 Å². The van der Waals surface area contributed by atoms with E-state index in [1.165, 1.54) is 19.6 Å². The Morgan fingerprint density at radius 1 is 1.04 bits per heavy atom. The molecule has 0 bridgehead atoms. The zero-order chi connectivity index (χ0) is 38.3. The van der Waals surface area contributed by atoms with Gasteiger partial charge >= 0.3 is 5.97 Å². The van der Waals surface area contributed by atoms with Gasteiger partial charge < -0.3 is 40.0 Å². The van der Waals surface area contributed by atoms with E-state index in [0.29, 0.717) is 29.7 Å². The average Bonchev–Trinajstić information content (AvgIpc) is 3.76. The number of nitrogen functional groups attached to an aromatic ring is 1. The molecule has 0 radical (unpaired) electrons. The Morgan fingerprint density at radius 3 is 2.62 bits per heavy atom. The van der Waals surface area contributed by atoms with E-state index in [1.807, 2.05) is 36.5 Å². The molecule has 5 N–H and O–H groups in total. The summed E-state index contributed by atoms with van der Waals surface area (Å²) in [6, 6.07) is 27.2. The monoisotopic (exact) mass is 742 g/mol. The number of fused-ring (bicyclic) bond motifs is 6. The molecule has 1 saturated carbocycles. The van der Waals surface area contributed by atoms with Crippen LogP contribution in [0, 0.1) is 5.92 Å². The van der Waals surface area contributed by atoms with Crippen molar-refractivity contribution in [2.45, 2.75) is 68.8 Å². The fourth-order valence-electron chi connectivity index (χ4n) is 9.60. The van der Waals surface area contributed by atoms with Gasteiger partial charge in [-0.3, -0.25) is 4.79 Å². The van der Waals surface area contributed by atoms with Gasteiger partial charge in [-0.1, -0.05) is 54.6 Å². The molecule has 284 valence electrons. The summed E-state index contributed by atoms with van der Waals surface area (Å²) >= 11 is 0. The van der Waals surface area contributed by atoms with Crippen molar-refractivity contribution in [1.82, 2.24) is 4.98 Å². The first-order valence-corrected chi connectivity index (χ1v) is 18.9. The van der Waals surface area contributed by atoms with Crippen LogP contribution >= 0.6 is 0 Å². The molecular formula is C45H46N2O8. The first-order chi connectivity index (χ1) is 26.7. The number of aryl methyl sites for hydroxylation is 1. The molecule has 1 aliphatic heterocycles. The number of carbonyl (C=O) groups is 1. The number of aliphatic hydroxyl groups excluding tert-OH is 1. The third-order valence-corrected chi connectivity index (χ3v) is 12.0. The second-order valence-electron chi connectivity index (χ2n) is 15.1. The maximum atomic E-state index is 12.2. The SMILES string of the molecule is COc1cc(C2Oc3c(ccc4c3C3(CCC(C(CCc5ccccc5)c5ccc(N)nc5)C3)Cc3cc(O)cc(OCO)c3-4)C2COC(C)=O)ccc1O. The number of pyridine rings is 1. The minimum atomic E-state index is -0.548. The number of nitrogens with two attached hydrogens (primary N) is 1. The van der Waals surface area contributed by atoms with E-state index in [9.17, 15) is 20.1 Å². The first-order valence-electron chi connectivity index (χ1n) is 18.9. The molecule has 5 unspecified atom stereocenters. The molecule has 2 heterocycles. The van der Waals surface area contributed by atoms with Crippen molar-refractivity contribution in [3.05, 3.63) is 125 Å². The Hall–Kier alpha value is -5.74. The van der Waals surface area contributed by atoms with Crippen LogP contribution in [0.25, 0.3) is 11.1 Å². The highest BCUT2D eigenvalue weighted by Gasteiger charge is 2.51. The topological polar surface area (TPSA) is 154 Å². The molecule has 1 fully saturated rings. The molecule has 0 saturated heterocycles. The van der Waals surface area contributed by atoms with Crippen molar-refractivity contribution in [2.75, 3.05) is 26.2 Å². The fourth-order valence-corrected chi connectivity index (χ4v) is 9.60. The molecule has 2 aliphatic carbocycles. The van der Waals surface area contributed by atoms with Gasteiger partial charge in [-0.2, -0.15) is 0 Å². The van der Waals surface area contributed by atoms with E-state index >= 15 is 0 Å². The van der Waals surface area contributed by atoms with E-state index < -0.39 is 12.9 Å². The smallest absolute Gasteiger partial charge is 0.302 e. The highest BCUT2D eigenvalue weighted by Crippen LogP contribution is 2.63. The van der Waals surface area contributed by atoms with Gasteiger partial charge in [-0.15, -0.1) is 0 Å². The number of phenolic OH excluding ortho intramolecular Hbond substituents is 2. The Bertz CT molecular complexity index is 2210. The van der Waals surface area contributed by atoms with Gasteiger partial charge in [0.05, 0.1) is 13.0 Å². The van der Waals surface area contributed by atoms with Crippen molar-refractivity contribution in [2.24, 2.45) is 5.92 Å². The maximum Gasteiger partial charge on any atom is 0.302 e. The van der Waals surface area contributed by atoms with Crippen LogP contribution in [0.1, 0.15) is 83.9 Å². The molecule has 4 aromatic carbocycles. The number of methoxy groups -OCH3 is 1. The summed E-state index contributed by atoms with van der Waals surface area (Å²) in [6.07, 6.45) is 6.53. The normalized spacial score (nSPS) is 21.3. The van der Waals surface area contributed by atoms with Crippen molar-refractivity contribution < 1.29 is 39.1 Å². The maximum absolute atomic E-state index is 12.2. The van der Waals surface area contributed by atoms with Gasteiger partial charge in [0.1, 0.15) is 35.8 Å². The second kappa shape index (κ2) is 14.8. The zero-order valence-corrected chi connectivity index (χ0v) is 31.0. The summed E-state index contributed by atoms with van der Waals surface area (Å²) in [5.41, 5.74) is 13.6. The predicted molar refractivity (Wildman–Crippen MR) is 208 cm³/mol. The Kier molecular flexibility index (Phi) is 9.77. The molecule has 0 amide bonds. The number of benzene rings is 4. The van der Waals surface area contributed by atoms with E-state index in [1.54, 1.807) is 18.2 Å². The summed E-state index contributed by atoms with van der Waals surface area (Å²) in [7, 11) is 1.50. The van der Waals surface area contributed by atoms with Crippen molar-refractivity contribution in [3.8, 4) is 39.9 Å². The molecule has 10 heteroatoms. The number of hydrogen-bond donors (Lipinski definition) is 4. The number of aliphatic hydroxyl groups is 1. The number of nitrogens with zero attached hydrogens (tertiary/aromatic N) is 1. The summed E-state index contributed by atoms with van der Waals surface area (Å²) < 4.78 is 24.0. The zero-order valence-electron chi connectivity index (χ0n) is 31.0. The van der Waals surface area contributed by atoms with Crippen LogP contribution in [0.4, 0.5) is 5.82 Å². The number of hydrogen-bond acceptors (Lipinski definition) is 10. The molecular weight excluding hydrogens is 697 g/mol. The number of anilines is 1. The lowest BCUT2D eigenvalue weighted by Crippen LogP contribution is -2.31. The molecule has 1 spiro atoms. The lowest BCUT2D eigenvalue weighted by molar-refractivity contribution is -0.141. The van der Waals surface area contributed by atoms with Crippen molar-refractivity contribution in [3.63, 3.8) is 0 Å². The van der Waals surface area contributed by atoms with Crippen LogP contribution in [0.5, 0.6) is 28.7 Å². The summed E-state index contributed by atoms with van der Waals surface area (Å²) in [6.45, 7) is 0.948. The first kappa shape index (κ1) is 36.2. The Labute approximate surface area is 320 Å². The summed E-state index contributed by atoms with van der Waals surface area (Å²) in [5.74, 6) is 1.81. The summed E-state index contributed by atoms with van der Waals surface area (Å²) in [4.78, 5) is 16.7. The Morgan fingerprint density at radius 2 is 1.87 bits per heavy atom. The number of ether oxygens (including phenoxy) is 4. The largest absolute Gasteiger partial charge is 0.508 e. The fraction of sp³-hybridized carbons (Fsp3) is 0.333. The lowest BCUT2D eigenvalue weighted by Gasteiger charge is -2.39. The van der Waals surface area contributed by atoms with Gasteiger partial charge in [0, 0.05) is 41.3 Å². The molecule has 10 nitrogen and oxygen atoms in total. The number of esters is 1. The number of rotatable bonds is 11. The Balaban J connectivity index is 1.26. The van der Waals surface area contributed by atoms with E-state index in [2.05, 4.69) is 41.4 Å². The third-order valence-electron chi connectivity index (χ3n) is 12.0. The summed E-state index contributed by atoms with van der Waals surface area (Å²) in [5, 5.41) is 31.3. The predicted octanol–water partition coefficient (Wildman–Crippen LogP) is 7.87. The van der Waals surface area contributed by atoms with Crippen LogP contribution in [0.2, 0.25) is 0 Å². The number of aromatic hydroxyl groups is 2. The van der Waals surface area contributed by atoms with Crippen LogP contribution < -0.4 is 19.9 Å². The second-order valence-corrected chi connectivity index (χ2v) is 15.1. The lowest BCUT2D eigenvalue weighted by atomic mass is 9.64. The third kappa shape index (κ3) is 6.80. The highest BCUT2D eigenvalue weighted by molar-refractivity contribution is 5.84. The van der Waals surface area contributed by atoms with Gasteiger partial charge in [0.15, 0.2) is 18.3 Å².